The summed E-state index contributed by atoms with van der Waals surface area (Å²) in [5.74, 6) is 0.789. The second-order valence-electron chi connectivity index (χ2n) is 13.3. The molecule has 0 aliphatic rings. The average Bonchev–Trinajstić information content (AvgIpc) is 3.36. The van der Waals surface area contributed by atoms with Crippen molar-refractivity contribution in [2.45, 2.75) is 66.6 Å². The standard InChI is InChI=1S/C20H16NO.C19H25FNSi.Ir/c1-13(2)14-10-11-21-18(12-14)17-8-5-7-16-15-6-3-4-9-19(15)22-20(16)17;1-13(2)9-15-11-18(21-12-19(15)22(4,5)6)16-8-7-14(3)10-17(16)20;/h3-7,9-13H,1-2H3;7,10-13H,9H2,1-6H3;/q2*-1;. The van der Waals surface area contributed by atoms with Crippen molar-refractivity contribution >= 4 is 35.2 Å². The number of hydrogen-bond donors (Lipinski definition) is 0. The fraction of sp³-hybridized carbons (Fsp3) is 0.282. The predicted octanol–water partition coefficient (Wildman–Crippen LogP) is 10.3. The van der Waals surface area contributed by atoms with Crippen molar-refractivity contribution in [2.75, 3.05) is 0 Å². The van der Waals surface area contributed by atoms with Crippen LogP contribution in [0.25, 0.3) is 44.5 Å². The normalized spacial score (nSPS) is 11.5. The second kappa shape index (κ2) is 14.3. The van der Waals surface area contributed by atoms with Crippen LogP contribution in [0.15, 0.2) is 83.5 Å². The molecule has 0 N–H and O–H groups in total. The topological polar surface area (TPSA) is 38.9 Å². The van der Waals surface area contributed by atoms with Crippen molar-refractivity contribution in [1.82, 2.24) is 9.97 Å². The second-order valence-corrected chi connectivity index (χ2v) is 18.3. The third-order valence-electron chi connectivity index (χ3n) is 7.76. The van der Waals surface area contributed by atoms with Crippen LogP contribution in [-0.2, 0) is 26.5 Å². The summed E-state index contributed by atoms with van der Waals surface area (Å²) in [5.41, 5.74) is 8.22. The van der Waals surface area contributed by atoms with Gasteiger partial charge >= 0.3 is 0 Å². The van der Waals surface area contributed by atoms with Gasteiger partial charge in [-0.3, -0.25) is 4.39 Å². The van der Waals surface area contributed by atoms with Gasteiger partial charge in [-0.25, -0.2) is 0 Å². The van der Waals surface area contributed by atoms with Crippen molar-refractivity contribution in [3.8, 4) is 22.5 Å². The zero-order valence-corrected chi connectivity index (χ0v) is 30.8. The summed E-state index contributed by atoms with van der Waals surface area (Å²) < 4.78 is 20.3. The van der Waals surface area contributed by atoms with Crippen LogP contribution in [0.5, 0.6) is 0 Å². The van der Waals surface area contributed by atoms with Crippen LogP contribution in [0.1, 0.15) is 50.3 Å². The van der Waals surface area contributed by atoms with E-state index in [-0.39, 0.29) is 25.9 Å². The number of benzene rings is 3. The molecule has 235 valence electrons. The molecule has 45 heavy (non-hydrogen) atoms. The van der Waals surface area contributed by atoms with E-state index in [1.165, 1.54) is 16.3 Å². The zero-order valence-electron chi connectivity index (χ0n) is 27.4. The van der Waals surface area contributed by atoms with Gasteiger partial charge in [0.2, 0.25) is 0 Å². The number of nitrogens with zero attached hydrogens (tertiary/aromatic N) is 2. The number of halogens is 1. The van der Waals surface area contributed by atoms with Crippen molar-refractivity contribution in [3.63, 3.8) is 0 Å². The predicted molar refractivity (Wildman–Crippen MR) is 185 cm³/mol. The fourth-order valence-corrected chi connectivity index (χ4v) is 7.10. The van der Waals surface area contributed by atoms with E-state index in [1.807, 2.05) is 49.6 Å². The number of pyridine rings is 2. The summed E-state index contributed by atoms with van der Waals surface area (Å²) in [6.07, 6.45) is 4.83. The van der Waals surface area contributed by atoms with Crippen LogP contribution in [0.2, 0.25) is 19.6 Å². The summed E-state index contributed by atoms with van der Waals surface area (Å²) >= 11 is 0. The van der Waals surface area contributed by atoms with Gasteiger partial charge in [-0.15, -0.1) is 42.0 Å². The summed E-state index contributed by atoms with van der Waals surface area (Å²) in [4.78, 5) is 9.06. The van der Waals surface area contributed by atoms with E-state index < -0.39 is 8.07 Å². The molecule has 0 aliphatic carbocycles. The maximum absolute atomic E-state index is 14.2. The van der Waals surface area contributed by atoms with Gasteiger partial charge in [0, 0.05) is 43.7 Å². The molecule has 1 radical (unpaired) electrons. The Bertz CT molecular complexity index is 1920. The number of aryl methyl sites for hydroxylation is 1. The minimum Gasteiger partial charge on any atom is -0.501 e. The van der Waals surface area contributed by atoms with Crippen LogP contribution in [0.4, 0.5) is 4.39 Å². The van der Waals surface area contributed by atoms with E-state index in [9.17, 15) is 4.39 Å². The zero-order chi connectivity index (χ0) is 31.6. The van der Waals surface area contributed by atoms with Gasteiger partial charge in [0.05, 0.1) is 13.7 Å². The Kier molecular flexibility index (Phi) is 11.0. The van der Waals surface area contributed by atoms with Gasteiger partial charge in [-0.2, -0.15) is 0 Å². The van der Waals surface area contributed by atoms with Crippen molar-refractivity contribution in [3.05, 3.63) is 114 Å². The molecule has 0 amide bonds. The molecule has 0 aliphatic heterocycles. The minimum absolute atomic E-state index is 0. The van der Waals surface area contributed by atoms with Crippen molar-refractivity contribution < 1.29 is 28.9 Å². The molecule has 0 saturated heterocycles. The van der Waals surface area contributed by atoms with E-state index in [2.05, 4.69) is 99.8 Å². The molecule has 3 aromatic heterocycles. The van der Waals surface area contributed by atoms with Crippen molar-refractivity contribution in [1.29, 1.82) is 0 Å². The summed E-state index contributed by atoms with van der Waals surface area (Å²) in [5, 5.41) is 3.62. The first-order valence-electron chi connectivity index (χ1n) is 15.4. The Hall–Kier alpha value is -3.44. The quantitative estimate of drug-likeness (QED) is 0.125. The Labute approximate surface area is 281 Å². The van der Waals surface area contributed by atoms with E-state index in [1.54, 1.807) is 6.07 Å². The fourth-order valence-electron chi connectivity index (χ4n) is 5.51. The molecule has 6 rings (SSSR count). The van der Waals surface area contributed by atoms with Gasteiger partial charge in [0.1, 0.15) is 5.58 Å². The molecule has 0 fully saturated rings. The number of hydrogen-bond acceptors (Lipinski definition) is 3. The smallest absolute Gasteiger partial charge is 0.120 e. The van der Waals surface area contributed by atoms with E-state index >= 15 is 0 Å². The largest absolute Gasteiger partial charge is 0.501 e. The first-order chi connectivity index (χ1) is 20.9. The third kappa shape index (κ3) is 7.86. The molecule has 6 heteroatoms. The Morgan fingerprint density at radius 3 is 2.29 bits per heavy atom. The number of para-hydroxylation sites is 1. The molecule has 0 bridgehead atoms. The first-order valence-corrected chi connectivity index (χ1v) is 18.9. The maximum Gasteiger partial charge on any atom is 0.120 e. The molecule has 0 spiro atoms. The molecule has 3 heterocycles. The first kappa shape index (κ1) is 34.4. The Balaban J connectivity index is 0.000000200. The number of rotatable bonds is 6. The number of fused-ring (bicyclic) bond motifs is 3. The Morgan fingerprint density at radius 2 is 1.60 bits per heavy atom. The summed E-state index contributed by atoms with van der Waals surface area (Å²) in [7, 11) is -1.46. The summed E-state index contributed by atoms with van der Waals surface area (Å²) in [6.45, 7) is 17.6. The van der Waals surface area contributed by atoms with Gasteiger partial charge in [0.25, 0.3) is 0 Å². The molecule has 0 saturated carbocycles. The molecule has 6 aromatic rings. The molecule has 0 atom stereocenters. The van der Waals surface area contributed by atoms with Gasteiger partial charge in [-0.05, 0) is 47.0 Å². The van der Waals surface area contributed by atoms with Gasteiger partial charge in [0.15, 0.2) is 0 Å². The van der Waals surface area contributed by atoms with E-state index in [0.29, 0.717) is 23.1 Å². The molecular weight excluding hydrogens is 752 g/mol. The number of aromatic nitrogens is 2. The minimum atomic E-state index is -1.46. The number of furan rings is 1. The van der Waals surface area contributed by atoms with Crippen LogP contribution in [-0.4, -0.2) is 18.0 Å². The van der Waals surface area contributed by atoms with Crippen LogP contribution in [0, 0.1) is 30.8 Å². The van der Waals surface area contributed by atoms with Crippen LogP contribution >= 0.6 is 0 Å². The Morgan fingerprint density at radius 1 is 0.867 bits per heavy atom. The summed E-state index contributed by atoms with van der Waals surface area (Å²) in [6, 6.07) is 28.1. The molecule has 3 aromatic carbocycles. The molecule has 3 nitrogen and oxygen atoms in total. The van der Waals surface area contributed by atoms with Crippen molar-refractivity contribution in [2.24, 2.45) is 5.92 Å². The SMILES string of the molecule is CC(C)c1ccnc(-c2[c-]ccc3c2oc2ccccc23)c1.Cc1c[c-]c(-c2cc(CC(C)C)c([Si](C)(C)C)cn2)c(F)c1.[Ir]. The van der Waals surface area contributed by atoms with E-state index in [4.69, 9.17) is 4.42 Å². The third-order valence-corrected chi connectivity index (χ3v) is 9.83. The maximum atomic E-state index is 14.2. The van der Waals surface area contributed by atoms with Gasteiger partial charge < -0.3 is 14.4 Å². The van der Waals surface area contributed by atoms with E-state index in [0.717, 1.165) is 45.2 Å². The molecule has 0 unspecified atom stereocenters. The monoisotopic (exact) mass is 793 g/mol. The van der Waals surface area contributed by atoms with Crippen LogP contribution < -0.4 is 5.19 Å². The average molecular weight is 793 g/mol. The van der Waals surface area contributed by atoms with Gasteiger partial charge in [-0.1, -0.05) is 112 Å². The van der Waals surface area contributed by atoms with Crippen LogP contribution in [0.3, 0.4) is 0 Å². The molecular formula is C39H41FIrN2OSi-2.